The van der Waals surface area contributed by atoms with Gasteiger partial charge in [-0.2, -0.15) is 0 Å². The fraction of sp³-hybridized carbons (Fsp3) is 0.400. The second-order valence-electron chi connectivity index (χ2n) is 3.73. The van der Waals surface area contributed by atoms with Crippen LogP contribution in [0, 0.1) is 0 Å². The quantitative estimate of drug-likeness (QED) is 0.699. The van der Waals surface area contributed by atoms with Gasteiger partial charge in [-0.1, -0.05) is 0 Å². The molecule has 7 heteroatoms. The van der Waals surface area contributed by atoms with E-state index < -0.39 is 6.04 Å². The van der Waals surface area contributed by atoms with Crippen LogP contribution in [0.2, 0.25) is 0 Å². The zero-order valence-corrected chi connectivity index (χ0v) is 9.60. The van der Waals surface area contributed by atoms with Crippen LogP contribution in [0.25, 0.3) is 0 Å². The van der Waals surface area contributed by atoms with Gasteiger partial charge in [0.25, 0.3) is 5.91 Å². The van der Waals surface area contributed by atoms with Crippen LogP contribution in [0.15, 0.2) is 12.4 Å². The molecule has 7 nitrogen and oxygen atoms in total. The topological polar surface area (TPSA) is 87.2 Å². The summed E-state index contributed by atoms with van der Waals surface area (Å²) in [6.07, 6.45) is 1.55. The largest absolute Gasteiger partial charge is 0.373 e. The lowest BCUT2D eigenvalue weighted by atomic mass is 10.2. The summed E-state index contributed by atoms with van der Waals surface area (Å²) in [7, 11) is 3.22. The zero-order valence-electron chi connectivity index (χ0n) is 9.60. The Kier molecular flexibility index (Phi) is 2.90. The Balaban J connectivity index is 2.11. The van der Waals surface area contributed by atoms with Crippen LogP contribution in [-0.2, 0) is 9.59 Å². The Morgan fingerprint density at radius 1 is 1.35 bits per heavy atom. The van der Waals surface area contributed by atoms with Gasteiger partial charge in [0.15, 0.2) is 0 Å². The van der Waals surface area contributed by atoms with Crippen LogP contribution < -0.4 is 10.6 Å². The molecule has 0 aliphatic carbocycles. The molecule has 0 aromatic carbocycles. The van der Waals surface area contributed by atoms with E-state index in [1.165, 1.54) is 13.4 Å². The molecule has 1 saturated heterocycles. The predicted molar refractivity (Wildman–Crippen MR) is 61.4 cm³/mol. The summed E-state index contributed by atoms with van der Waals surface area (Å²) in [5, 5.41) is 5.79. The molecular formula is C10H13N5O2. The summed E-state index contributed by atoms with van der Waals surface area (Å²) in [5.41, 5.74) is 0. The van der Waals surface area contributed by atoms with Crippen LogP contribution in [0.3, 0.4) is 0 Å². The Bertz CT molecular complexity index is 462. The van der Waals surface area contributed by atoms with Crippen molar-refractivity contribution in [1.82, 2.24) is 14.9 Å². The van der Waals surface area contributed by atoms with Crippen LogP contribution >= 0.6 is 0 Å². The van der Waals surface area contributed by atoms with Crippen molar-refractivity contribution in [1.29, 1.82) is 0 Å². The Morgan fingerprint density at radius 2 is 2.06 bits per heavy atom. The Hall–Kier alpha value is -2.18. The van der Waals surface area contributed by atoms with Crippen LogP contribution in [-0.4, -0.2) is 46.8 Å². The maximum absolute atomic E-state index is 11.7. The third-order valence-corrected chi connectivity index (χ3v) is 2.63. The second-order valence-corrected chi connectivity index (χ2v) is 3.73. The van der Waals surface area contributed by atoms with Gasteiger partial charge < -0.3 is 10.6 Å². The van der Waals surface area contributed by atoms with E-state index in [9.17, 15) is 9.59 Å². The molecule has 1 aromatic heterocycles. The van der Waals surface area contributed by atoms with Gasteiger partial charge in [0.1, 0.15) is 24.0 Å². The third kappa shape index (κ3) is 2.17. The van der Waals surface area contributed by atoms with Crippen LogP contribution in [0.5, 0.6) is 0 Å². The van der Waals surface area contributed by atoms with Crippen molar-refractivity contribution >= 4 is 23.5 Å². The molecule has 1 aromatic rings. The number of likely N-dealkylation sites (N-methyl/N-ethyl adjacent to an activating group) is 1. The molecule has 1 aliphatic heterocycles. The molecule has 0 saturated carbocycles. The molecule has 2 amide bonds. The van der Waals surface area contributed by atoms with Gasteiger partial charge >= 0.3 is 0 Å². The SMILES string of the molecule is CNc1cc(NC2CC(=O)N(C)C2=O)ncn1. The number of hydrogen-bond donors (Lipinski definition) is 2. The number of carbonyl (C=O) groups is 2. The number of anilines is 2. The van der Waals surface area contributed by atoms with Crippen molar-refractivity contribution in [2.24, 2.45) is 0 Å². The highest BCUT2D eigenvalue weighted by Crippen LogP contribution is 2.16. The molecule has 0 radical (unpaired) electrons. The predicted octanol–water partition coefficient (Wildman–Crippen LogP) is -0.313. The van der Waals surface area contributed by atoms with Crippen molar-refractivity contribution in [2.45, 2.75) is 12.5 Å². The normalized spacial score (nSPS) is 19.6. The lowest BCUT2D eigenvalue weighted by Crippen LogP contribution is -2.32. The maximum Gasteiger partial charge on any atom is 0.251 e. The summed E-state index contributed by atoms with van der Waals surface area (Å²) in [4.78, 5) is 32.1. The fourth-order valence-electron chi connectivity index (χ4n) is 1.62. The molecule has 1 fully saturated rings. The van der Waals surface area contributed by atoms with Gasteiger partial charge in [-0.25, -0.2) is 9.97 Å². The summed E-state index contributed by atoms with van der Waals surface area (Å²) in [6, 6.07) is 1.14. The Labute approximate surface area is 98.2 Å². The maximum atomic E-state index is 11.7. The second kappa shape index (κ2) is 4.36. The van der Waals surface area contributed by atoms with Crippen LogP contribution in [0.1, 0.15) is 6.42 Å². The molecule has 0 bridgehead atoms. The van der Waals surface area contributed by atoms with E-state index in [2.05, 4.69) is 20.6 Å². The van der Waals surface area contributed by atoms with E-state index >= 15 is 0 Å². The molecule has 2 heterocycles. The first-order valence-electron chi connectivity index (χ1n) is 5.18. The lowest BCUT2D eigenvalue weighted by Gasteiger charge is -2.11. The van der Waals surface area contributed by atoms with Crippen molar-refractivity contribution < 1.29 is 9.59 Å². The summed E-state index contributed by atoms with van der Waals surface area (Å²) in [5.74, 6) is 0.744. The van der Waals surface area contributed by atoms with Gasteiger partial charge in [-0.15, -0.1) is 0 Å². The number of carbonyl (C=O) groups excluding carboxylic acids is 2. The summed E-state index contributed by atoms with van der Waals surface area (Å²) < 4.78 is 0. The number of aromatic nitrogens is 2. The highest BCUT2D eigenvalue weighted by molar-refractivity contribution is 6.06. The van der Waals surface area contributed by atoms with Gasteiger partial charge in [0.05, 0.1) is 6.42 Å². The average Bonchev–Trinajstić information content (AvgIpc) is 2.57. The number of rotatable bonds is 3. The van der Waals surface area contributed by atoms with Crippen LogP contribution in [0.4, 0.5) is 11.6 Å². The number of imide groups is 1. The molecular weight excluding hydrogens is 222 g/mol. The van der Waals surface area contributed by atoms with E-state index in [0.717, 1.165) is 4.90 Å². The van der Waals surface area contributed by atoms with E-state index in [1.807, 2.05) is 0 Å². The number of hydrogen-bond acceptors (Lipinski definition) is 6. The van der Waals surface area contributed by atoms with Gasteiger partial charge in [-0.05, 0) is 0 Å². The van der Waals surface area contributed by atoms with E-state index in [4.69, 9.17) is 0 Å². The first-order valence-corrected chi connectivity index (χ1v) is 5.18. The van der Waals surface area contributed by atoms with E-state index in [0.29, 0.717) is 11.6 Å². The van der Waals surface area contributed by atoms with Crippen molar-refractivity contribution in [3.63, 3.8) is 0 Å². The molecule has 1 unspecified atom stereocenters. The van der Waals surface area contributed by atoms with Gasteiger partial charge in [-0.3, -0.25) is 14.5 Å². The fourth-order valence-corrected chi connectivity index (χ4v) is 1.62. The van der Waals surface area contributed by atoms with Gasteiger partial charge in [0.2, 0.25) is 5.91 Å². The number of amides is 2. The average molecular weight is 235 g/mol. The number of nitrogens with one attached hydrogen (secondary N) is 2. The molecule has 90 valence electrons. The summed E-state index contributed by atoms with van der Waals surface area (Å²) >= 11 is 0. The first kappa shape index (κ1) is 11.3. The highest BCUT2D eigenvalue weighted by atomic mass is 16.2. The zero-order chi connectivity index (χ0) is 12.4. The minimum absolute atomic E-state index is 0.161. The molecule has 0 spiro atoms. The molecule has 1 aliphatic rings. The number of likely N-dealkylation sites (tertiary alicyclic amines) is 1. The third-order valence-electron chi connectivity index (χ3n) is 2.63. The first-order chi connectivity index (χ1) is 8.11. The molecule has 2 N–H and O–H groups in total. The monoisotopic (exact) mass is 235 g/mol. The minimum atomic E-state index is -0.535. The van der Waals surface area contributed by atoms with Gasteiger partial charge in [0, 0.05) is 20.2 Å². The summed E-state index contributed by atoms with van der Waals surface area (Å²) in [6.45, 7) is 0. The highest BCUT2D eigenvalue weighted by Gasteiger charge is 2.36. The van der Waals surface area contributed by atoms with E-state index in [1.54, 1.807) is 13.1 Å². The van der Waals surface area contributed by atoms with Crippen molar-refractivity contribution in [2.75, 3.05) is 24.7 Å². The Morgan fingerprint density at radius 3 is 2.65 bits per heavy atom. The smallest absolute Gasteiger partial charge is 0.251 e. The standard InChI is InChI=1S/C10H13N5O2/c1-11-7-4-8(13-5-12-7)14-6-3-9(16)15(2)10(6)17/h4-6H,3H2,1-2H3,(H2,11,12,13,14). The molecule has 1 atom stereocenters. The molecule has 2 rings (SSSR count). The lowest BCUT2D eigenvalue weighted by molar-refractivity contribution is -0.136. The number of nitrogens with zero attached hydrogens (tertiary/aromatic N) is 3. The van der Waals surface area contributed by atoms with Crippen molar-refractivity contribution in [3.05, 3.63) is 12.4 Å². The van der Waals surface area contributed by atoms with E-state index in [-0.39, 0.29) is 18.2 Å². The molecule has 17 heavy (non-hydrogen) atoms. The van der Waals surface area contributed by atoms with Crippen molar-refractivity contribution in [3.8, 4) is 0 Å². The minimum Gasteiger partial charge on any atom is -0.373 e.